The standard InChI is InChI=1S/C24H24F3N3O7/c25-24(26,27)16-8(11-2-1-3-30-11)6-12(31)14-9(16)4-7-5-10-17(28)19(33)15(22(29)36)21(35)23(10,37)20(34)13(7)18(14)32/h6-7,10-11,17,30-31,33-34,37H,1-5,28H2,(H2,29,36)/t7-,10-,11-,17-,23-/m0/s1. The van der Waals surface area contributed by atoms with Crippen molar-refractivity contribution in [3.8, 4) is 5.75 Å². The summed E-state index contributed by atoms with van der Waals surface area (Å²) in [5, 5.41) is 46.3. The van der Waals surface area contributed by atoms with Gasteiger partial charge in [0.05, 0.1) is 17.2 Å². The van der Waals surface area contributed by atoms with Gasteiger partial charge in [-0.25, -0.2) is 0 Å². The maximum absolute atomic E-state index is 14.4. The lowest BCUT2D eigenvalue weighted by atomic mass is 9.58. The summed E-state index contributed by atoms with van der Waals surface area (Å²) in [4.78, 5) is 38.3. The van der Waals surface area contributed by atoms with Gasteiger partial charge in [-0.15, -0.1) is 0 Å². The Hall–Kier alpha value is -3.42. The third-order valence-electron chi connectivity index (χ3n) is 8.01. The minimum absolute atomic E-state index is 0.200. The molecule has 4 aliphatic rings. The van der Waals surface area contributed by atoms with Crippen LogP contribution in [0.2, 0.25) is 0 Å². The van der Waals surface area contributed by atoms with E-state index in [1.807, 2.05) is 0 Å². The molecular weight excluding hydrogens is 499 g/mol. The lowest BCUT2D eigenvalue weighted by Crippen LogP contribution is -2.63. The number of carbonyl (C=O) groups excluding carboxylic acids is 3. The zero-order chi connectivity index (χ0) is 27.2. The van der Waals surface area contributed by atoms with Crippen LogP contribution in [0.1, 0.15) is 52.4 Å². The number of aromatic hydroxyl groups is 1. The Bertz CT molecular complexity index is 1330. The fourth-order valence-corrected chi connectivity index (χ4v) is 6.38. The number of hydrogen-bond acceptors (Lipinski definition) is 9. The van der Waals surface area contributed by atoms with Crippen LogP contribution in [-0.2, 0) is 22.2 Å². The minimum atomic E-state index is -4.88. The molecule has 0 radical (unpaired) electrons. The summed E-state index contributed by atoms with van der Waals surface area (Å²) in [5.74, 6) is -9.55. The van der Waals surface area contributed by atoms with Crippen LogP contribution in [0.5, 0.6) is 5.75 Å². The molecule has 1 heterocycles. The van der Waals surface area contributed by atoms with Gasteiger partial charge in [0.15, 0.2) is 11.4 Å². The van der Waals surface area contributed by atoms with Gasteiger partial charge < -0.3 is 37.2 Å². The van der Waals surface area contributed by atoms with E-state index in [-0.39, 0.29) is 12.0 Å². The molecule has 1 saturated heterocycles. The molecule has 9 N–H and O–H groups in total. The molecule has 1 amide bonds. The number of ketones is 2. The summed E-state index contributed by atoms with van der Waals surface area (Å²) in [6, 6.07) is -1.40. The number of hydrogen-bond donors (Lipinski definition) is 7. The smallest absolute Gasteiger partial charge is 0.417 e. The fraction of sp³-hybridized carbons (Fsp3) is 0.458. The van der Waals surface area contributed by atoms with Gasteiger partial charge in [-0.1, -0.05) is 0 Å². The molecule has 10 nitrogen and oxygen atoms in total. The van der Waals surface area contributed by atoms with Crippen LogP contribution in [0, 0.1) is 11.8 Å². The molecule has 198 valence electrons. The molecule has 1 aromatic carbocycles. The number of aliphatic hydroxyl groups is 3. The predicted octanol–water partition coefficient (Wildman–Crippen LogP) is 0.961. The number of nitrogens with two attached hydrogens (primary N) is 2. The Balaban J connectivity index is 1.73. The molecule has 5 atom stereocenters. The number of benzene rings is 1. The van der Waals surface area contributed by atoms with E-state index in [9.17, 15) is 48.0 Å². The highest BCUT2D eigenvalue weighted by molar-refractivity contribution is 6.24. The maximum Gasteiger partial charge on any atom is 0.417 e. The molecule has 1 fully saturated rings. The quantitative estimate of drug-likeness (QED) is 0.276. The van der Waals surface area contributed by atoms with Crippen molar-refractivity contribution in [2.24, 2.45) is 23.3 Å². The molecule has 5 rings (SSSR count). The SMILES string of the molecule is NC(=O)C1=C(O)[C@@H](N)[C@@H]2C[C@@H]3Cc4c(c(O)cc([C@@H]5CCCN5)c4C(F)(F)F)C(=O)C3=C(O)[C@]2(O)C1=O. The highest BCUT2D eigenvalue weighted by Crippen LogP contribution is 2.53. The largest absolute Gasteiger partial charge is 0.510 e. The summed E-state index contributed by atoms with van der Waals surface area (Å²) in [6.45, 7) is 0.485. The Morgan fingerprint density at radius 3 is 2.43 bits per heavy atom. The zero-order valence-electron chi connectivity index (χ0n) is 19.2. The molecule has 0 spiro atoms. The van der Waals surface area contributed by atoms with Gasteiger partial charge in [-0.3, -0.25) is 14.4 Å². The van der Waals surface area contributed by atoms with Crippen molar-refractivity contribution < 1.29 is 48.0 Å². The van der Waals surface area contributed by atoms with E-state index in [1.54, 1.807) is 0 Å². The van der Waals surface area contributed by atoms with Crippen LogP contribution < -0.4 is 16.8 Å². The summed E-state index contributed by atoms with van der Waals surface area (Å²) in [6.07, 6.45) is -4.72. The van der Waals surface area contributed by atoms with Gasteiger partial charge >= 0.3 is 6.18 Å². The number of carbonyl (C=O) groups is 3. The fourth-order valence-electron chi connectivity index (χ4n) is 6.38. The van der Waals surface area contributed by atoms with Crippen LogP contribution in [0.25, 0.3) is 0 Å². The number of phenolic OH excluding ortho intramolecular Hbond substituents is 1. The lowest BCUT2D eigenvalue weighted by Gasteiger charge is -2.48. The molecule has 13 heteroatoms. The average Bonchev–Trinajstić information content (AvgIpc) is 3.33. The van der Waals surface area contributed by atoms with E-state index in [1.165, 1.54) is 0 Å². The Morgan fingerprint density at radius 1 is 1.19 bits per heavy atom. The van der Waals surface area contributed by atoms with Crippen molar-refractivity contribution in [2.75, 3.05) is 6.54 Å². The highest BCUT2D eigenvalue weighted by Gasteiger charge is 2.62. The topological polar surface area (TPSA) is 196 Å². The van der Waals surface area contributed by atoms with Gasteiger partial charge in [0.1, 0.15) is 22.8 Å². The van der Waals surface area contributed by atoms with Crippen LogP contribution in [0.15, 0.2) is 28.7 Å². The average molecular weight is 523 g/mol. The highest BCUT2D eigenvalue weighted by atomic mass is 19.4. The minimum Gasteiger partial charge on any atom is -0.510 e. The Morgan fingerprint density at radius 2 is 1.86 bits per heavy atom. The van der Waals surface area contributed by atoms with Crippen molar-refractivity contribution in [1.29, 1.82) is 0 Å². The zero-order valence-corrected chi connectivity index (χ0v) is 19.2. The summed E-state index contributed by atoms with van der Waals surface area (Å²) in [7, 11) is 0. The van der Waals surface area contributed by atoms with Crippen molar-refractivity contribution in [2.45, 2.75) is 49.5 Å². The maximum atomic E-state index is 14.4. The van der Waals surface area contributed by atoms with E-state index in [0.29, 0.717) is 19.4 Å². The molecule has 0 saturated carbocycles. The third kappa shape index (κ3) is 3.33. The summed E-state index contributed by atoms with van der Waals surface area (Å²) in [5.41, 5.74) is 4.19. The number of aliphatic hydroxyl groups excluding tert-OH is 2. The van der Waals surface area contributed by atoms with Crippen LogP contribution >= 0.6 is 0 Å². The number of amides is 1. The lowest BCUT2D eigenvalue weighted by molar-refractivity contribution is -0.145. The third-order valence-corrected chi connectivity index (χ3v) is 8.01. The summed E-state index contributed by atoms with van der Waals surface area (Å²) >= 11 is 0. The van der Waals surface area contributed by atoms with E-state index >= 15 is 0 Å². The monoisotopic (exact) mass is 523 g/mol. The van der Waals surface area contributed by atoms with Crippen molar-refractivity contribution in [3.63, 3.8) is 0 Å². The van der Waals surface area contributed by atoms with Crippen LogP contribution in [0.4, 0.5) is 13.2 Å². The van der Waals surface area contributed by atoms with Gasteiger partial charge in [0.25, 0.3) is 5.91 Å². The van der Waals surface area contributed by atoms with Crippen LogP contribution in [0.3, 0.4) is 0 Å². The predicted molar refractivity (Wildman–Crippen MR) is 119 cm³/mol. The van der Waals surface area contributed by atoms with E-state index in [0.717, 1.165) is 6.07 Å². The van der Waals surface area contributed by atoms with E-state index in [4.69, 9.17) is 11.5 Å². The first kappa shape index (κ1) is 25.2. The van der Waals surface area contributed by atoms with Crippen molar-refractivity contribution in [1.82, 2.24) is 5.32 Å². The number of halogens is 3. The molecule has 37 heavy (non-hydrogen) atoms. The number of fused-ring (bicyclic) bond motifs is 3. The Kier molecular flexibility index (Phi) is 5.48. The van der Waals surface area contributed by atoms with Gasteiger partial charge in [-0.05, 0) is 55.3 Å². The number of Topliss-reactive ketones (excluding diaryl/α,β-unsaturated/α-hetero) is 2. The number of rotatable bonds is 2. The second-order valence-electron chi connectivity index (χ2n) is 9.94. The number of alkyl halides is 3. The number of nitrogens with one attached hydrogen (secondary N) is 1. The molecule has 1 aromatic rings. The van der Waals surface area contributed by atoms with Crippen LogP contribution in [-0.4, -0.2) is 56.1 Å². The van der Waals surface area contributed by atoms with E-state index < -0.39 is 105 Å². The molecule has 3 aliphatic carbocycles. The second-order valence-corrected chi connectivity index (χ2v) is 9.94. The number of phenols is 1. The first-order chi connectivity index (χ1) is 17.2. The number of allylic oxidation sites excluding steroid dienone is 1. The number of primary amides is 1. The first-order valence-electron chi connectivity index (χ1n) is 11.6. The second kappa shape index (κ2) is 8.04. The van der Waals surface area contributed by atoms with Gasteiger partial charge in [0.2, 0.25) is 5.78 Å². The Labute approximate surface area is 207 Å². The van der Waals surface area contributed by atoms with Crippen molar-refractivity contribution in [3.05, 3.63) is 51.0 Å². The van der Waals surface area contributed by atoms with E-state index in [2.05, 4.69) is 5.32 Å². The first-order valence-corrected chi connectivity index (χ1v) is 11.6. The normalized spacial score (nSPS) is 31.8. The van der Waals surface area contributed by atoms with Crippen molar-refractivity contribution >= 4 is 17.5 Å². The summed E-state index contributed by atoms with van der Waals surface area (Å²) < 4.78 is 43.2. The molecule has 0 bridgehead atoms. The molecule has 0 unspecified atom stereocenters. The van der Waals surface area contributed by atoms with Gasteiger partial charge in [0, 0.05) is 17.5 Å². The molecule has 1 aliphatic heterocycles. The molecular formula is C24H24F3N3O7. The molecule has 0 aromatic heterocycles. The van der Waals surface area contributed by atoms with Gasteiger partial charge in [-0.2, -0.15) is 13.2 Å².